The summed E-state index contributed by atoms with van der Waals surface area (Å²) in [6.45, 7) is 0. The van der Waals surface area contributed by atoms with Gasteiger partial charge in [0.15, 0.2) is 0 Å². The zero-order chi connectivity index (χ0) is 26.7. The van der Waals surface area contributed by atoms with Gasteiger partial charge in [0.2, 0.25) is 0 Å². The zero-order valence-corrected chi connectivity index (χ0v) is 21.3. The number of aldehydes is 2. The summed E-state index contributed by atoms with van der Waals surface area (Å²) in [5, 5.41) is 0. The number of methoxy groups -OCH3 is 2. The van der Waals surface area contributed by atoms with Crippen molar-refractivity contribution in [1.29, 1.82) is 0 Å². The molecule has 0 bridgehead atoms. The first-order chi connectivity index (χ1) is 18.6. The van der Waals surface area contributed by atoms with E-state index in [0.717, 1.165) is 57.5 Å². The van der Waals surface area contributed by atoms with E-state index in [1.807, 2.05) is 97.1 Å². The predicted molar refractivity (Wildman–Crippen MR) is 288 cm³/mol. The molecule has 0 saturated carbocycles. The minimum absolute atomic E-state index is 0. The second-order valence-corrected chi connectivity index (χ2v) is 8.51. The van der Waals surface area contributed by atoms with Crippen molar-refractivity contribution in [3.63, 3.8) is 0 Å². The van der Waals surface area contributed by atoms with Crippen LogP contribution in [0.25, 0.3) is 33.4 Å². The quantitative estimate of drug-likeness (QED) is 0.153. The third-order valence-electron chi connectivity index (χ3n) is 6.16. The summed E-state index contributed by atoms with van der Waals surface area (Å²) in [4.78, 5) is 21.2. The van der Waals surface area contributed by atoms with E-state index in [0.29, 0.717) is 11.1 Å². The van der Waals surface area contributed by atoms with Crippen molar-refractivity contribution in [1.82, 2.24) is 0 Å². The average molecular weight is 821 g/mol. The second-order valence-electron chi connectivity index (χ2n) is 8.51. The summed E-state index contributed by atoms with van der Waals surface area (Å²) >= 11 is 0. The van der Waals surface area contributed by atoms with E-state index in [-0.39, 0.29) is 149 Å². The van der Waals surface area contributed by atoms with Crippen LogP contribution in [-0.2, 0) is 0 Å². The Labute approximate surface area is 370 Å². The highest BCUT2D eigenvalue weighted by Crippen LogP contribution is 2.26. The van der Waals surface area contributed by atoms with E-state index >= 15 is 0 Å². The molecule has 0 saturated heterocycles. The fourth-order valence-electron chi connectivity index (χ4n) is 3.93. The molecule has 0 aliphatic carbocycles. The lowest BCUT2D eigenvalue weighted by molar-refractivity contribution is 0.111. The first-order valence-electron chi connectivity index (χ1n) is 12.1. The molecule has 5 rings (SSSR count). The third-order valence-corrected chi connectivity index (χ3v) is 6.16. The molecule has 4 heteroatoms. The molecule has 0 amide bonds. The van der Waals surface area contributed by atoms with E-state index in [4.69, 9.17) is 9.47 Å². The maximum Gasteiger partial charge on any atom is 0.150 e. The molecule has 5 aromatic carbocycles. The highest BCUT2D eigenvalue weighted by atomic mass is 16.5. The minimum Gasteiger partial charge on any atom is -0.497 e. The largest absolute Gasteiger partial charge is 0.497 e. The topological polar surface area (TPSA) is 52.6 Å². The van der Waals surface area contributed by atoms with Crippen LogP contribution < -0.4 is 9.47 Å². The zero-order valence-electron chi connectivity index (χ0n) is 21.3. The minimum atomic E-state index is 0. The fraction of sp³-hybridized carbons (Fsp3) is 0.407. The van der Waals surface area contributed by atoms with Gasteiger partial charge in [-0.2, -0.15) is 0 Å². The van der Waals surface area contributed by atoms with Gasteiger partial charge in [-0.25, -0.2) is 0 Å². The third kappa shape index (κ3) is 30.2. The molecule has 5 aromatic rings. The molecular formula is C54H108O4. The summed E-state index contributed by atoms with van der Waals surface area (Å²) in [5.41, 5.74) is 8.14. The van der Waals surface area contributed by atoms with Crippen LogP contribution in [0.15, 0.2) is 121 Å². The molecule has 0 spiro atoms. The van der Waals surface area contributed by atoms with E-state index in [1.54, 1.807) is 14.2 Å². The Morgan fingerprint density at radius 3 is 0.534 bits per heavy atom. The Morgan fingerprint density at radius 1 is 0.259 bits per heavy atom. The lowest BCUT2D eigenvalue weighted by atomic mass is 10.00. The molecule has 0 N–H and O–H groups in total. The standard InChI is InChI=1S/C20H16O2.C14H12O2.20CH4/c1-22-20-12-10-19(11-13-20)18-8-6-17(7-9-18)16-4-2-15(14-21)3-5-16;1-16-14-8-6-13(7-9-14)12-4-2-11(10-15)3-5-12;;;;;;;;;;;;;;;;;;;;/h2-14H,1H3;2-10H,1H3;20*1H4. The molecule has 0 aliphatic heterocycles. The number of carbonyl (C=O) groups excluding carboxylic acids is 2. The molecule has 0 radical (unpaired) electrons. The fourth-order valence-corrected chi connectivity index (χ4v) is 3.93. The molecule has 0 aliphatic rings. The normalized spacial score (nSPS) is 6.59. The van der Waals surface area contributed by atoms with Crippen LogP contribution in [-0.4, -0.2) is 26.8 Å². The Morgan fingerprint density at radius 2 is 0.397 bits per heavy atom. The Kier molecular flexibility index (Phi) is 107. The Hall–Kier alpha value is -4.96. The van der Waals surface area contributed by atoms with Crippen LogP contribution in [0.1, 0.15) is 169 Å². The Bertz CT molecular complexity index is 1450. The van der Waals surface area contributed by atoms with Crippen molar-refractivity contribution >= 4 is 12.6 Å². The van der Waals surface area contributed by atoms with Gasteiger partial charge >= 0.3 is 0 Å². The molecule has 0 unspecified atom stereocenters. The van der Waals surface area contributed by atoms with Gasteiger partial charge in [0.25, 0.3) is 0 Å². The van der Waals surface area contributed by atoms with Gasteiger partial charge in [-0.05, 0) is 57.6 Å². The van der Waals surface area contributed by atoms with Crippen molar-refractivity contribution in [2.24, 2.45) is 0 Å². The molecule has 348 valence electrons. The summed E-state index contributed by atoms with van der Waals surface area (Å²) < 4.78 is 10.3. The van der Waals surface area contributed by atoms with Crippen molar-refractivity contribution in [3.05, 3.63) is 132 Å². The van der Waals surface area contributed by atoms with Gasteiger partial charge in [0, 0.05) is 11.1 Å². The predicted octanol–water partition coefficient (Wildman–Crippen LogP) is 20.7. The van der Waals surface area contributed by atoms with E-state index in [9.17, 15) is 9.59 Å². The van der Waals surface area contributed by atoms with E-state index in [1.165, 1.54) is 0 Å². The summed E-state index contributed by atoms with van der Waals surface area (Å²) in [6, 6.07) is 39.3. The SMILES string of the molecule is C.C.C.C.C.C.C.C.C.C.C.C.C.C.C.C.C.C.C.C.COc1ccc(-c2ccc(-c3ccc(C=O)cc3)cc2)cc1.COc1ccc(-c2ccc(C=O)cc2)cc1. The lowest BCUT2D eigenvalue weighted by Gasteiger charge is -2.06. The van der Waals surface area contributed by atoms with Crippen LogP contribution in [0.2, 0.25) is 0 Å². The van der Waals surface area contributed by atoms with E-state index in [2.05, 4.69) is 24.3 Å². The first kappa shape index (κ1) is 111. The van der Waals surface area contributed by atoms with Crippen LogP contribution in [0.5, 0.6) is 11.5 Å². The van der Waals surface area contributed by atoms with Crippen molar-refractivity contribution < 1.29 is 19.1 Å². The molecule has 4 nitrogen and oxygen atoms in total. The van der Waals surface area contributed by atoms with E-state index < -0.39 is 0 Å². The number of rotatable bonds is 7. The van der Waals surface area contributed by atoms with Crippen molar-refractivity contribution in [3.8, 4) is 44.9 Å². The molecule has 0 atom stereocenters. The lowest BCUT2D eigenvalue weighted by Crippen LogP contribution is -1.84. The average Bonchev–Trinajstić information content (AvgIpc) is 3.01. The van der Waals surface area contributed by atoms with Gasteiger partial charge in [-0.15, -0.1) is 0 Å². The maximum absolute atomic E-state index is 10.7. The van der Waals surface area contributed by atoms with Crippen molar-refractivity contribution in [2.75, 3.05) is 14.2 Å². The Balaban J connectivity index is -0.0000000293. The molecular weight excluding hydrogens is 713 g/mol. The van der Waals surface area contributed by atoms with Gasteiger partial charge in [0.1, 0.15) is 24.1 Å². The van der Waals surface area contributed by atoms with Crippen LogP contribution in [0, 0.1) is 0 Å². The summed E-state index contributed by atoms with van der Waals surface area (Å²) in [6.07, 6.45) is 1.70. The molecule has 58 heavy (non-hydrogen) atoms. The smallest absolute Gasteiger partial charge is 0.150 e. The number of ether oxygens (including phenoxy) is 2. The monoisotopic (exact) mass is 821 g/mol. The second kappa shape index (κ2) is 56.4. The van der Waals surface area contributed by atoms with Gasteiger partial charge in [-0.3, -0.25) is 9.59 Å². The summed E-state index contributed by atoms with van der Waals surface area (Å²) in [7, 11) is 3.31. The highest BCUT2D eigenvalue weighted by Gasteiger charge is 2.02. The number of hydrogen-bond acceptors (Lipinski definition) is 4. The van der Waals surface area contributed by atoms with Crippen molar-refractivity contribution in [2.45, 2.75) is 149 Å². The summed E-state index contributed by atoms with van der Waals surface area (Å²) in [5.74, 6) is 1.70. The van der Waals surface area contributed by atoms with Crippen LogP contribution >= 0.6 is 0 Å². The van der Waals surface area contributed by atoms with Crippen LogP contribution in [0.4, 0.5) is 0 Å². The van der Waals surface area contributed by atoms with Gasteiger partial charge in [-0.1, -0.05) is 246 Å². The maximum atomic E-state index is 10.7. The highest BCUT2D eigenvalue weighted by molar-refractivity contribution is 5.78. The number of carbonyl (C=O) groups is 2. The number of benzene rings is 5. The molecule has 0 fully saturated rings. The number of hydrogen-bond donors (Lipinski definition) is 0. The molecule has 0 heterocycles. The van der Waals surface area contributed by atoms with Crippen LogP contribution in [0.3, 0.4) is 0 Å². The van der Waals surface area contributed by atoms with Gasteiger partial charge < -0.3 is 9.47 Å². The van der Waals surface area contributed by atoms with Gasteiger partial charge in [0.05, 0.1) is 14.2 Å². The first-order valence-corrected chi connectivity index (χ1v) is 12.1. The molecule has 0 aromatic heterocycles.